The van der Waals surface area contributed by atoms with E-state index in [1.165, 1.54) is 36.0 Å². The van der Waals surface area contributed by atoms with Crippen LogP contribution in [0.5, 0.6) is 5.75 Å². The quantitative estimate of drug-likeness (QED) is 0.737. The summed E-state index contributed by atoms with van der Waals surface area (Å²) in [7, 11) is 1.75. The Morgan fingerprint density at radius 1 is 1.05 bits per heavy atom. The fraction of sp³-hybridized carbons (Fsp3) is 0.667. The van der Waals surface area contributed by atoms with Crippen molar-refractivity contribution in [1.82, 2.24) is 5.32 Å². The summed E-state index contributed by atoms with van der Waals surface area (Å²) < 4.78 is 5.48. The van der Waals surface area contributed by atoms with Gasteiger partial charge in [-0.25, -0.2) is 0 Å². The van der Waals surface area contributed by atoms with Gasteiger partial charge in [-0.2, -0.15) is 0 Å². The zero-order valence-corrected chi connectivity index (χ0v) is 14.0. The maximum absolute atomic E-state index is 5.48. The zero-order valence-electron chi connectivity index (χ0n) is 14.0. The molecule has 1 N–H and O–H groups in total. The van der Waals surface area contributed by atoms with E-state index < -0.39 is 0 Å². The molecule has 0 fully saturated rings. The number of ether oxygens (including phenoxy) is 1. The van der Waals surface area contributed by atoms with Crippen molar-refractivity contribution in [3.8, 4) is 5.75 Å². The minimum Gasteiger partial charge on any atom is -0.496 e. The van der Waals surface area contributed by atoms with E-state index in [4.69, 9.17) is 4.74 Å². The van der Waals surface area contributed by atoms with E-state index in [-0.39, 0.29) is 0 Å². The maximum atomic E-state index is 5.48. The monoisotopic (exact) mass is 277 g/mol. The lowest BCUT2D eigenvalue weighted by molar-refractivity contribution is 0.340. The van der Waals surface area contributed by atoms with Gasteiger partial charge in [-0.1, -0.05) is 45.7 Å². The Hall–Kier alpha value is -1.02. The highest BCUT2D eigenvalue weighted by atomic mass is 16.5. The van der Waals surface area contributed by atoms with Gasteiger partial charge < -0.3 is 10.1 Å². The van der Waals surface area contributed by atoms with E-state index in [0.29, 0.717) is 12.0 Å². The van der Waals surface area contributed by atoms with E-state index in [9.17, 15) is 0 Å². The van der Waals surface area contributed by atoms with Crippen LogP contribution >= 0.6 is 0 Å². The Balaban J connectivity index is 3.12. The van der Waals surface area contributed by atoms with Crippen LogP contribution in [0.2, 0.25) is 0 Å². The van der Waals surface area contributed by atoms with Crippen molar-refractivity contribution >= 4 is 0 Å². The summed E-state index contributed by atoms with van der Waals surface area (Å²) in [6, 6.07) is 5.03. The molecule has 114 valence electrons. The van der Waals surface area contributed by atoms with Crippen LogP contribution in [-0.2, 0) is 0 Å². The van der Waals surface area contributed by atoms with Crippen molar-refractivity contribution in [1.29, 1.82) is 0 Å². The Labute approximate surface area is 124 Å². The molecule has 0 aliphatic rings. The fourth-order valence-electron chi connectivity index (χ4n) is 3.10. The molecule has 0 aliphatic carbocycles. The maximum Gasteiger partial charge on any atom is 0.124 e. The van der Waals surface area contributed by atoms with Gasteiger partial charge in [-0.3, -0.25) is 0 Å². The van der Waals surface area contributed by atoms with Gasteiger partial charge in [0.05, 0.1) is 7.11 Å². The molecule has 1 rings (SSSR count). The molecule has 1 aromatic rings. The molecule has 1 unspecified atom stereocenters. The lowest BCUT2D eigenvalue weighted by atomic mass is 9.87. The number of hydrogen-bond donors (Lipinski definition) is 1. The molecule has 2 nitrogen and oxygen atoms in total. The van der Waals surface area contributed by atoms with Crippen molar-refractivity contribution in [2.75, 3.05) is 13.7 Å². The molecule has 0 saturated carbocycles. The number of rotatable bonds is 8. The van der Waals surface area contributed by atoms with E-state index in [2.05, 4.69) is 52.1 Å². The van der Waals surface area contributed by atoms with E-state index in [1.807, 2.05) is 0 Å². The van der Waals surface area contributed by atoms with Gasteiger partial charge in [0.25, 0.3) is 0 Å². The molecular weight excluding hydrogens is 246 g/mol. The molecule has 0 saturated heterocycles. The minimum absolute atomic E-state index is 0.452. The highest BCUT2D eigenvalue weighted by Gasteiger charge is 2.21. The zero-order chi connectivity index (χ0) is 15.1. The van der Waals surface area contributed by atoms with Crippen molar-refractivity contribution in [3.63, 3.8) is 0 Å². The summed E-state index contributed by atoms with van der Waals surface area (Å²) in [4.78, 5) is 0. The number of nitrogens with one attached hydrogen (secondary N) is 1. The normalized spacial score (nSPS) is 12.8. The van der Waals surface area contributed by atoms with Crippen LogP contribution in [0.4, 0.5) is 0 Å². The lowest BCUT2D eigenvalue weighted by Gasteiger charge is -2.28. The first kappa shape index (κ1) is 17.0. The van der Waals surface area contributed by atoms with Crippen LogP contribution in [0.25, 0.3) is 0 Å². The van der Waals surface area contributed by atoms with E-state index >= 15 is 0 Å². The minimum atomic E-state index is 0.452. The predicted molar refractivity (Wildman–Crippen MR) is 87.6 cm³/mol. The number of hydrogen-bond acceptors (Lipinski definition) is 2. The van der Waals surface area contributed by atoms with Gasteiger partial charge in [-0.05, 0) is 49.4 Å². The number of benzene rings is 1. The second kappa shape index (κ2) is 8.31. The van der Waals surface area contributed by atoms with Gasteiger partial charge in [-0.15, -0.1) is 0 Å². The van der Waals surface area contributed by atoms with Crippen LogP contribution in [0.3, 0.4) is 0 Å². The molecule has 0 bridgehead atoms. The van der Waals surface area contributed by atoms with E-state index in [0.717, 1.165) is 12.3 Å². The first-order chi connectivity index (χ1) is 9.58. The largest absolute Gasteiger partial charge is 0.496 e. The molecule has 0 spiro atoms. The third kappa shape index (κ3) is 3.99. The van der Waals surface area contributed by atoms with Crippen molar-refractivity contribution in [3.05, 3.63) is 28.8 Å². The van der Waals surface area contributed by atoms with Crippen LogP contribution < -0.4 is 10.1 Å². The Morgan fingerprint density at radius 2 is 1.60 bits per heavy atom. The molecule has 0 aromatic heterocycles. The average molecular weight is 277 g/mol. The van der Waals surface area contributed by atoms with Gasteiger partial charge in [0, 0.05) is 6.04 Å². The standard InChI is InChI=1S/C18H31NO/c1-7-10-19-17(15(8-2)9-3)16-11-13(4)18(20-6)14(5)12-16/h11-12,15,17,19H,7-10H2,1-6H3. The number of methoxy groups -OCH3 is 1. The third-order valence-electron chi connectivity index (χ3n) is 4.18. The molecule has 0 heterocycles. The molecular formula is C18H31NO. The third-order valence-corrected chi connectivity index (χ3v) is 4.18. The second-order valence-electron chi connectivity index (χ2n) is 5.70. The van der Waals surface area contributed by atoms with Gasteiger partial charge >= 0.3 is 0 Å². The Bertz CT molecular complexity index is 387. The summed E-state index contributed by atoms with van der Waals surface area (Å²) in [5, 5.41) is 3.74. The predicted octanol–water partition coefficient (Wildman–Crippen LogP) is 4.79. The summed E-state index contributed by atoms with van der Waals surface area (Å²) >= 11 is 0. The van der Waals surface area contributed by atoms with Crippen LogP contribution in [-0.4, -0.2) is 13.7 Å². The first-order valence-corrected chi connectivity index (χ1v) is 7.97. The summed E-state index contributed by atoms with van der Waals surface area (Å²) in [6.07, 6.45) is 3.59. The molecule has 2 heteroatoms. The molecule has 1 aromatic carbocycles. The number of aryl methyl sites for hydroxylation is 2. The van der Waals surface area contributed by atoms with Crippen LogP contribution in [0.15, 0.2) is 12.1 Å². The lowest BCUT2D eigenvalue weighted by Crippen LogP contribution is -2.28. The average Bonchev–Trinajstić information content (AvgIpc) is 2.43. The highest BCUT2D eigenvalue weighted by molar-refractivity contribution is 5.44. The van der Waals surface area contributed by atoms with Gasteiger partial charge in [0.2, 0.25) is 0 Å². The van der Waals surface area contributed by atoms with Gasteiger partial charge in [0.1, 0.15) is 5.75 Å². The first-order valence-electron chi connectivity index (χ1n) is 7.97. The SMILES string of the molecule is CCCNC(c1cc(C)c(OC)c(C)c1)C(CC)CC. The van der Waals surface area contributed by atoms with Crippen LogP contribution in [0, 0.1) is 19.8 Å². The van der Waals surface area contributed by atoms with Gasteiger partial charge in [0.15, 0.2) is 0 Å². The Morgan fingerprint density at radius 3 is 2.00 bits per heavy atom. The van der Waals surface area contributed by atoms with Crippen molar-refractivity contribution < 1.29 is 4.74 Å². The van der Waals surface area contributed by atoms with E-state index in [1.54, 1.807) is 7.11 Å². The van der Waals surface area contributed by atoms with Crippen LogP contribution in [0.1, 0.15) is 62.8 Å². The topological polar surface area (TPSA) is 21.3 Å². The summed E-state index contributed by atoms with van der Waals surface area (Å²) in [6.45, 7) is 12.2. The van der Waals surface area contributed by atoms with Crippen molar-refractivity contribution in [2.45, 2.75) is 59.9 Å². The molecule has 0 amide bonds. The smallest absolute Gasteiger partial charge is 0.124 e. The summed E-state index contributed by atoms with van der Waals surface area (Å²) in [5.41, 5.74) is 3.87. The molecule has 20 heavy (non-hydrogen) atoms. The Kier molecular flexibility index (Phi) is 7.08. The fourth-order valence-corrected chi connectivity index (χ4v) is 3.10. The molecule has 0 aliphatic heterocycles. The second-order valence-corrected chi connectivity index (χ2v) is 5.70. The van der Waals surface area contributed by atoms with Crippen molar-refractivity contribution in [2.24, 2.45) is 5.92 Å². The summed E-state index contributed by atoms with van der Waals surface area (Å²) in [5.74, 6) is 1.71. The molecule has 1 atom stereocenters. The molecule has 0 radical (unpaired) electrons. The highest BCUT2D eigenvalue weighted by Crippen LogP contribution is 2.32.